The predicted molar refractivity (Wildman–Crippen MR) is 69.9 cm³/mol. The lowest BCUT2D eigenvalue weighted by Gasteiger charge is -2.36. The zero-order valence-electron chi connectivity index (χ0n) is 10.4. The highest BCUT2D eigenvalue weighted by Crippen LogP contribution is 2.35. The third-order valence-electron chi connectivity index (χ3n) is 2.38. The van der Waals surface area contributed by atoms with E-state index in [2.05, 4.69) is 24.3 Å². The number of phosphoric acid groups is 1. The van der Waals surface area contributed by atoms with Gasteiger partial charge in [-0.25, -0.2) is 4.57 Å². The first-order chi connectivity index (χ1) is 8.24. The fourth-order valence-corrected chi connectivity index (χ4v) is 2.07. The van der Waals surface area contributed by atoms with Crippen molar-refractivity contribution in [2.75, 3.05) is 32.8 Å². The highest BCUT2D eigenvalue weighted by molar-refractivity contribution is 7.46. The van der Waals surface area contributed by atoms with Crippen molar-refractivity contribution in [3.8, 4) is 0 Å². The van der Waals surface area contributed by atoms with E-state index in [1.807, 2.05) is 0 Å². The van der Waals surface area contributed by atoms with Crippen LogP contribution in [-0.4, -0.2) is 52.2 Å². The molecule has 18 heavy (non-hydrogen) atoms. The van der Waals surface area contributed by atoms with Gasteiger partial charge in [0.1, 0.15) is 25.5 Å². The van der Waals surface area contributed by atoms with Crippen molar-refractivity contribution in [3.63, 3.8) is 0 Å². The Labute approximate surface area is 107 Å². The van der Waals surface area contributed by atoms with Crippen LogP contribution in [0.1, 0.15) is 0 Å². The molecule has 6 nitrogen and oxygen atoms in total. The Bertz CT molecular complexity index is 339. The summed E-state index contributed by atoms with van der Waals surface area (Å²) in [7, 11) is -4.47. The molecule has 0 fully saturated rings. The van der Waals surface area contributed by atoms with E-state index in [0.717, 1.165) is 0 Å². The third kappa shape index (κ3) is 7.42. The molecule has 3 N–H and O–H groups in total. The maximum atomic E-state index is 10.6. The zero-order valence-corrected chi connectivity index (χ0v) is 11.3. The Hall–Kier alpha value is -0.910. The second kappa shape index (κ2) is 7.51. The molecule has 0 amide bonds. The first-order valence-corrected chi connectivity index (χ1v) is 6.91. The summed E-state index contributed by atoms with van der Waals surface area (Å²) in [5.41, 5.74) is 0. The number of aliphatic hydroxyl groups is 1. The maximum Gasteiger partial charge on any atom is 0.469 e. The van der Waals surface area contributed by atoms with Gasteiger partial charge in [0.05, 0.1) is 13.1 Å². The van der Waals surface area contributed by atoms with Crippen LogP contribution < -0.4 is 0 Å². The van der Waals surface area contributed by atoms with Gasteiger partial charge >= 0.3 is 7.82 Å². The summed E-state index contributed by atoms with van der Waals surface area (Å²) < 4.78 is 15.4. The van der Waals surface area contributed by atoms with Gasteiger partial charge in [-0.1, -0.05) is 19.7 Å². The van der Waals surface area contributed by atoms with Gasteiger partial charge < -0.3 is 19.4 Å². The lowest BCUT2D eigenvalue weighted by Crippen LogP contribution is -2.51. The van der Waals surface area contributed by atoms with Gasteiger partial charge in [0.2, 0.25) is 0 Å². The van der Waals surface area contributed by atoms with Crippen LogP contribution in [0.4, 0.5) is 0 Å². The monoisotopic (exact) mass is 278 g/mol. The second-order valence-corrected chi connectivity index (χ2v) is 5.30. The van der Waals surface area contributed by atoms with Crippen molar-refractivity contribution < 1.29 is 28.5 Å². The van der Waals surface area contributed by atoms with Gasteiger partial charge in [0, 0.05) is 0 Å². The smallest absolute Gasteiger partial charge is 0.469 e. The topological polar surface area (TPSA) is 87.0 Å². The third-order valence-corrected chi connectivity index (χ3v) is 2.89. The van der Waals surface area contributed by atoms with Crippen molar-refractivity contribution in [2.24, 2.45) is 0 Å². The highest BCUT2D eigenvalue weighted by atomic mass is 31.2. The molecule has 0 aliphatic heterocycles. The Balaban J connectivity index is 4.70. The van der Waals surface area contributed by atoms with Crippen molar-refractivity contribution in [2.45, 2.75) is 0 Å². The van der Waals surface area contributed by atoms with Crippen LogP contribution in [0.3, 0.4) is 0 Å². The van der Waals surface area contributed by atoms with Gasteiger partial charge in [-0.3, -0.25) is 4.52 Å². The Morgan fingerprint density at radius 3 is 2.11 bits per heavy atom. The molecular formula is C11H21NO5P+. The van der Waals surface area contributed by atoms with Crippen LogP contribution in [0.15, 0.2) is 37.6 Å². The standard InChI is InChI=1S/C11H20NO5P/c1-4-6-12(7-5-2,10-11(3)13)8-9-17-18(14,15)16/h4-5H,1-3,6-10H2,(H2-,13,14,15,16)/p+1. The molecule has 0 bridgehead atoms. The number of hydrogen-bond donors (Lipinski definition) is 3. The molecule has 0 aromatic heterocycles. The van der Waals surface area contributed by atoms with Crippen molar-refractivity contribution >= 4 is 7.82 Å². The number of quaternary nitrogens is 1. The van der Waals surface area contributed by atoms with Crippen molar-refractivity contribution in [1.29, 1.82) is 0 Å². The van der Waals surface area contributed by atoms with E-state index in [0.29, 0.717) is 24.1 Å². The number of nitrogens with zero attached hydrogens (tertiary/aromatic N) is 1. The fourth-order valence-electron chi connectivity index (χ4n) is 1.75. The molecule has 0 unspecified atom stereocenters. The van der Waals surface area contributed by atoms with Gasteiger partial charge in [-0.15, -0.1) is 0 Å². The molecule has 0 aromatic rings. The van der Waals surface area contributed by atoms with Crippen LogP contribution in [0, 0.1) is 0 Å². The molecule has 0 aromatic carbocycles. The highest BCUT2D eigenvalue weighted by Gasteiger charge is 2.27. The van der Waals surface area contributed by atoms with Gasteiger partial charge in [0.25, 0.3) is 0 Å². The lowest BCUT2D eigenvalue weighted by atomic mass is 10.3. The molecule has 0 rings (SSSR count). The minimum absolute atomic E-state index is 0.00474. The summed E-state index contributed by atoms with van der Waals surface area (Å²) in [6.45, 7) is 12.2. The zero-order chi connectivity index (χ0) is 14.2. The predicted octanol–water partition coefficient (Wildman–Crippen LogP) is 1.36. The molecule has 0 aliphatic carbocycles. The first kappa shape index (κ1) is 17.1. The summed E-state index contributed by atoms with van der Waals surface area (Å²) in [5, 5.41) is 9.33. The van der Waals surface area contributed by atoms with E-state index in [-0.39, 0.29) is 18.9 Å². The van der Waals surface area contributed by atoms with Gasteiger partial charge in [0.15, 0.2) is 0 Å². The van der Waals surface area contributed by atoms with E-state index < -0.39 is 7.82 Å². The van der Waals surface area contributed by atoms with Crippen molar-refractivity contribution in [3.05, 3.63) is 37.6 Å². The van der Waals surface area contributed by atoms with E-state index in [9.17, 15) is 9.67 Å². The second-order valence-electron chi connectivity index (χ2n) is 4.06. The van der Waals surface area contributed by atoms with Crippen molar-refractivity contribution in [1.82, 2.24) is 0 Å². The van der Waals surface area contributed by atoms with Crippen LogP contribution >= 0.6 is 7.82 Å². The molecule has 0 saturated heterocycles. The number of rotatable bonds is 10. The van der Waals surface area contributed by atoms with E-state index in [1.165, 1.54) is 0 Å². The summed E-state index contributed by atoms with van der Waals surface area (Å²) in [6, 6.07) is 0. The van der Waals surface area contributed by atoms with Crippen LogP contribution in [0.2, 0.25) is 0 Å². The molecule has 0 radical (unpaired) electrons. The quantitative estimate of drug-likeness (QED) is 0.243. The molecule has 0 atom stereocenters. The first-order valence-electron chi connectivity index (χ1n) is 5.38. The molecule has 104 valence electrons. The Morgan fingerprint density at radius 2 is 1.78 bits per heavy atom. The largest absolute Gasteiger partial charge is 0.507 e. The Morgan fingerprint density at radius 1 is 1.28 bits per heavy atom. The van der Waals surface area contributed by atoms with Gasteiger partial charge in [-0.2, -0.15) is 0 Å². The average molecular weight is 278 g/mol. The minimum Gasteiger partial charge on any atom is -0.507 e. The summed E-state index contributed by atoms with van der Waals surface area (Å²) >= 11 is 0. The van der Waals surface area contributed by atoms with Crippen LogP contribution in [0.5, 0.6) is 0 Å². The van der Waals surface area contributed by atoms with E-state index >= 15 is 0 Å². The normalized spacial score (nSPS) is 12.1. The maximum absolute atomic E-state index is 10.6. The lowest BCUT2D eigenvalue weighted by molar-refractivity contribution is -0.914. The average Bonchev–Trinajstić information content (AvgIpc) is 2.14. The molecule has 0 heterocycles. The molecule has 0 aliphatic rings. The fraction of sp³-hybridized carbons (Fsp3) is 0.455. The van der Waals surface area contributed by atoms with Crippen LogP contribution in [-0.2, 0) is 9.09 Å². The molecular weight excluding hydrogens is 257 g/mol. The van der Waals surface area contributed by atoms with E-state index in [4.69, 9.17) is 9.79 Å². The summed E-state index contributed by atoms with van der Waals surface area (Å²) in [5.74, 6) is -0.00474. The molecule has 0 spiro atoms. The number of hydrogen-bond acceptors (Lipinski definition) is 3. The summed E-state index contributed by atoms with van der Waals surface area (Å²) in [6.07, 6.45) is 3.34. The number of aliphatic hydroxyl groups excluding tert-OH is 1. The summed E-state index contributed by atoms with van der Waals surface area (Å²) in [4.78, 5) is 17.3. The van der Waals surface area contributed by atoms with Gasteiger partial charge in [-0.05, 0) is 12.2 Å². The molecule has 7 heteroatoms. The molecule has 0 saturated carbocycles. The minimum atomic E-state index is -4.47. The van der Waals surface area contributed by atoms with Crippen LogP contribution in [0.25, 0.3) is 0 Å². The van der Waals surface area contributed by atoms with E-state index in [1.54, 1.807) is 12.2 Å². The Kier molecular flexibility index (Phi) is 7.13. The SMILES string of the molecule is C=CC[N+](CC=C)(CCOP(=O)(O)O)CC(=C)O. The number of phosphoric ester groups is 1.